The number of nitrogens with zero attached hydrogens (tertiary/aromatic N) is 2. The molecule has 2 atom stereocenters. The van der Waals surface area contributed by atoms with E-state index in [2.05, 4.69) is 10.2 Å². The Balaban J connectivity index is 1.84. The molecule has 4 nitrogen and oxygen atoms in total. The zero-order chi connectivity index (χ0) is 14.4. The number of benzene rings is 2. The molecule has 2 heterocycles. The standard InChI is InChI=1S/C17H14N2O2/c1-11-6-2-3-7-12(11)14-10-18-19-17(14)16(20)13-8-4-5-9-15(13)21-17/h2-9,14H,10H2,1H3/t14-,17+/m0/s1. The number of Topliss-reactive ketones (excluding diaryl/α,β-unsaturated/α-hetero) is 1. The molecule has 1 spiro atoms. The van der Waals surface area contributed by atoms with Crippen LogP contribution in [0.15, 0.2) is 58.8 Å². The van der Waals surface area contributed by atoms with Gasteiger partial charge in [0.05, 0.1) is 18.0 Å². The van der Waals surface area contributed by atoms with E-state index in [1.54, 1.807) is 6.07 Å². The maximum absolute atomic E-state index is 12.8. The van der Waals surface area contributed by atoms with Crippen molar-refractivity contribution in [2.45, 2.75) is 18.6 Å². The molecular formula is C17H14N2O2. The molecule has 4 heteroatoms. The average molecular weight is 278 g/mol. The first-order valence-corrected chi connectivity index (χ1v) is 6.99. The Morgan fingerprint density at radius 2 is 1.90 bits per heavy atom. The number of carbonyl (C=O) groups is 1. The van der Waals surface area contributed by atoms with Gasteiger partial charge >= 0.3 is 0 Å². The Morgan fingerprint density at radius 3 is 2.71 bits per heavy atom. The van der Waals surface area contributed by atoms with Gasteiger partial charge in [0.1, 0.15) is 5.75 Å². The molecule has 0 bridgehead atoms. The van der Waals surface area contributed by atoms with Crippen molar-refractivity contribution in [1.29, 1.82) is 0 Å². The molecule has 21 heavy (non-hydrogen) atoms. The monoisotopic (exact) mass is 278 g/mol. The van der Waals surface area contributed by atoms with Gasteiger partial charge < -0.3 is 4.74 Å². The third-order valence-electron chi connectivity index (χ3n) is 4.24. The molecule has 0 saturated heterocycles. The quantitative estimate of drug-likeness (QED) is 0.801. The third kappa shape index (κ3) is 1.59. The third-order valence-corrected chi connectivity index (χ3v) is 4.24. The lowest BCUT2D eigenvalue weighted by atomic mass is 9.84. The lowest BCUT2D eigenvalue weighted by Crippen LogP contribution is -2.42. The molecule has 0 N–H and O–H groups in total. The van der Waals surface area contributed by atoms with E-state index in [9.17, 15) is 4.79 Å². The van der Waals surface area contributed by atoms with Crippen molar-refractivity contribution < 1.29 is 9.53 Å². The van der Waals surface area contributed by atoms with Gasteiger partial charge in [-0.15, -0.1) is 5.11 Å². The number of para-hydroxylation sites is 1. The molecule has 2 aliphatic heterocycles. The topological polar surface area (TPSA) is 51.0 Å². The van der Waals surface area contributed by atoms with Crippen molar-refractivity contribution >= 4 is 5.78 Å². The summed E-state index contributed by atoms with van der Waals surface area (Å²) in [6.07, 6.45) is 0. The van der Waals surface area contributed by atoms with Gasteiger partial charge in [-0.05, 0) is 30.2 Å². The zero-order valence-electron chi connectivity index (χ0n) is 11.6. The van der Waals surface area contributed by atoms with Crippen LogP contribution in [0.1, 0.15) is 27.4 Å². The van der Waals surface area contributed by atoms with Crippen LogP contribution in [0, 0.1) is 6.92 Å². The molecule has 2 aromatic carbocycles. The number of carbonyl (C=O) groups excluding carboxylic acids is 1. The fraction of sp³-hybridized carbons (Fsp3) is 0.235. The minimum Gasteiger partial charge on any atom is -0.455 e. The summed E-state index contributed by atoms with van der Waals surface area (Å²) in [5, 5.41) is 8.34. The molecule has 0 saturated carbocycles. The number of ketones is 1. The number of azo groups is 1. The van der Waals surface area contributed by atoms with E-state index >= 15 is 0 Å². The van der Waals surface area contributed by atoms with Crippen LogP contribution in [0.5, 0.6) is 5.75 Å². The van der Waals surface area contributed by atoms with E-state index in [0.29, 0.717) is 17.9 Å². The van der Waals surface area contributed by atoms with E-state index in [0.717, 1.165) is 11.1 Å². The highest BCUT2D eigenvalue weighted by Crippen LogP contribution is 2.47. The summed E-state index contributed by atoms with van der Waals surface area (Å²) in [6.45, 7) is 2.51. The molecule has 0 unspecified atom stereocenters. The van der Waals surface area contributed by atoms with Crippen molar-refractivity contribution in [2.24, 2.45) is 10.2 Å². The van der Waals surface area contributed by atoms with Crippen LogP contribution in [-0.2, 0) is 0 Å². The number of rotatable bonds is 1. The summed E-state index contributed by atoms with van der Waals surface area (Å²) < 4.78 is 5.98. The summed E-state index contributed by atoms with van der Waals surface area (Å²) in [6, 6.07) is 15.3. The van der Waals surface area contributed by atoms with Crippen molar-refractivity contribution in [3.63, 3.8) is 0 Å². The van der Waals surface area contributed by atoms with Crippen LogP contribution in [0.3, 0.4) is 0 Å². The molecule has 104 valence electrons. The molecule has 2 aliphatic rings. The van der Waals surface area contributed by atoms with Crippen LogP contribution < -0.4 is 4.74 Å². The van der Waals surface area contributed by atoms with Gasteiger partial charge in [0, 0.05) is 0 Å². The van der Waals surface area contributed by atoms with Gasteiger partial charge in [0.25, 0.3) is 5.72 Å². The van der Waals surface area contributed by atoms with E-state index in [1.165, 1.54) is 0 Å². The molecule has 4 rings (SSSR count). The largest absolute Gasteiger partial charge is 0.455 e. The minimum atomic E-state index is -1.21. The number of aryl methyl sites for hydroxylation is 1. The molecule has 2 aromatic rings. The zero-order valence-corrected chi connectivity index (χ0v) is 11.6. The van der Waals surface area contributed by atoms with Crippen molar-refractivity contribution in [3.05, 3.63) is 65.2 Å². The number of hydrogen-bond donors (Lipinski definition) is 0. The fourth-order valence-electron chi connectivity index (χ4n) is 3.15. The van der Waals surface area contributed by atoms with Crippen molar-refractivity contribution in [3.8, 4) is 5.75 Å². The lowest BCUT2D eigenvalue weighted by Gasteiger charge is -2.26. The van der Waals surface area contributed by atoms with Crippen LogP contribution >= 0.6 is 0 Å². The molecule has 0 aliphatic carbocycles. The van der Waals surface area contributed by atoms with Gasteiger partial charge in [-0.3, -0.25) is 4.79 Å². The van der Waals surface area contributed by atoms with Gasteiger partial charge in [-0.25, -0.2) is 0 Å². The molecule has 0 amide bonds. The Morgan fingerprint density at radius 1 is 1.14 bits per heavy atom. The highest BCUT2D eigenvalue weighted by Gasteiger charge is 2.57. The molecule has 0 fully saturated rings. The second-order valence-corrected chi connectivity index (χ2v) is 5.46. The Kier molecular flexibility index (Phi) is 2.48. The van der Waals surface area contributed by atoms with Gasteiger partial charge in [-0.2, -0.15) is 5.11 Å². The second kappa shape index (κ2) is 4.25. The van der Waals surface area contributed by atoms with E-state index in [4.69, 9.17) is 4.74 Å². The summed E-state index contributed by atoms with van der Waals surface area (Å²) in [4.78, 5) is 12.8. The normalized spacial score (nSPS) is 26.1. The molecule has 0 aromatic heterocycles. The highest BCUT2D eigenvalue weighted by atomic mass is 16.5. The Labute approximate surface area is 122 Å². The first-order valence-electron chi connectivity index (χ1n) is 6.99. The van der Waals surface area contributed by atoms with Crippen LogP contribution in [0.25, 0.3) is 0 Å². The number of fused-ring (bicyclic) bond motifs is 1. The van der Waals surface area contributed by atoms with Crippen LogP contribution in [0.4, 0.5) is 0 Å². The fourth-order valence-corrected chi connectivity index (χ4v) is 3.15. The Hall–Kier alpha value is -2.49. The maximum Gasteiger partial charge on any atom is 0.290 e. The van der Waals surface area contributed by atoms with Crippen molar-refractivity contribution in [1.82, 2.24) is 0 Å². The number of ether oxygens (including phenoxy) is 1. The van der Waals surface area contributed by atoms with Gasteiger partial charge in [0.15, 0.2) is 0 Å². The first kappa shape index (κ1) is 12.3. The molecular weight excluding hydrogens is 264 g/mol. The number of hydrogen-bond acceptors (Lipinski definition) is 4. The smallest absolute Gasteiger partial charge is 0.290 e. The predicted molar refractivity (Wildman–Crippen MR) is 77.8 cm³/mol. The van der Waals surface area contributed by atoms with Gasteiger partial charge in [-0.1, -0.05) is 36.4 Å². The summed E-state index contributed by atoms with van der Waals surface area (Å²) in [5.41, 5.74) is 1.58. The summed E-state index contributed by atoms with van der Waals surface area (Å²) in [7, 11) is 0. The second-order valence-electron chi connectivity index (χ2n) is 5.46. The SMILES string of the molecule is Cc1ccccc1[C@@H]1CN=N[C@@]12Oc1ccccc1C2=O. The van der Waals surface area contributed by atoms with E-state index in [-0.39, 0.29) is 11.7 Å². The minimum absolute atomic E-state index is 0.0902. The van der Waals surface area contributed by atoms with E-state index in [1.807, 2.05) is 49.4 Å². The lowest BCUT2D eigenvalue weighted by molar-refractivity contribution is 0.0535. The maximum atomic E-state index is 12.8. The predicted octanol–water partition coefficient (Wildman–Crippen LogP) is 3.52. The molecule has 0 radical (unpaired) electrons. The van der Waals surface area contributed by atoms with Crippen LogP contribution in [-0.4, -0.2) is 18.1 Å². The summed E-state index contributed by atoms with van der Waals surface area (Å²) in [5.74, 6) is 0.341. The summed E-state index contributed by atoms with van der Waals surface area (Å²) >= 11 is 0. The average Bonchev–Trinajstić information content (AvgIpc) is 3.04. The Bertz CT molecular complexity index is 769. The van der Waals surface area contributed by atoms with Crippen LogP contribution in [0.2, 0.25) is 0 Å². The van der Waals surface area contributed by atoms with Crippen molar-refractivity contribution in [2.75, 3.05) is 6.54 Å². The van der Waals surface area contributed by atoms with E-state index < -0.39 is 5.72 Å². The van der Waals surface area contributed by atoms with Gasteiger partial charge in [0.2, 0.25) is 5.78 Å². The first-order chi connectivity index (χ1) is 10.2. The highest BCUT2D eigenvalue weighted by molar-refractivity contribution is 6.08.